The van der Waals surface area contributed by atoms with E-state index in [4.69, 9.17) is 17.3 Å². The van der Waals surface area contributed by atoms with Crippen molar-refractivity contribution in [2.45, 2.75) is 38.2 Å². The van der Waals surface area contributed by atoms with Gasteiger partial charge in [-0.1, -0.05) is 68.8 Å². The van der Waals surface area contributed by atoms with Gasteiger partial charge in [0.05, 0.1) is 0 Å². The van der Waals surface area contributed by atoms with Gasteiger partial charge in [0, 0.05) is 11.4 Å². The highest BCUT2D eigenvalue weighted by molar-refractivity contribution is 6.30. The summed E-state index contributed by atoms with van der Waals surface area (Å²) in [4.78, 5) is 11.9. The largest absolute Gasteiger partial charge is 0.375 e. The summed E-state index contributed by atoms with van der Waals surface area (Å²) in [5, 5.41) is 11.4. The van der Waals surface area contributed by atoms with Crippen LogP contribution in [0, 0.1) is 0 Å². The van der Waals surface area contributed by atoms with Crippen molar-refractivity contribution in [2.75, 3.05) is 0 Å². The van der Waals surface area contributed by atoms with E-state index in [-0.39, 0.29) is 11.8 Å². The SMILES string of the molecule is CC(C)(C)c1ccc(CC(O)(C(N)=O)c2ccc(Cl)cc2)cc1. The van der Waals surface area contributed by atoms with Gasteiger partial charge in [0.1, 0.15) is 0 Å². The van der Waals surface area contributed by atoms with E-state index in [0.29, 0.717) is 10.6 Å². The Bertz CT molecular complexity index is 687. The zero-order valence-corrected chi connectivity index (χ0v) is 14.4. The Balaban J connectivity index is 2.33. The first-order valence-electron chi connectivity index (χ1n) is 7.51. The number of rotatable bonds is 4. The number of hydrogen-bond acceptors (Lipinski definition) is 2. The molecule has 2 aromatic carbocycles. The van der Waals surface area contributed by atoms with E-state index in [2.05, 4.69) is 20.8 Å². The smallest absolute Gasteiger partial charge is 0.254 e. The minimum absolute atomic E-state index is 0.0503. The van der Waals surface area contributed by atoms with Gasteiger partial charge >= 0.3 is 0 Å². The Morgan fingerprint density at radius 2 is 1.48 bits per heavy atom. The van der Waals surface area contributed by atoms with Crippen molar-refractivity contribution < 1.29 is 9.90 Å². The first-order chi connectivity index (χ1) is 10.6. The maximum atomic E-state index is 11.9. The van der Waals surface area contributed by atoms with Crippen LogP contribution >= 0.6 is 11.6 Å². The van der Waals surface area contributed by atoms with Crippen LogP contribution < -0.4 is 5.73 Å². The van der Waals surface area contributed by atoms with E-state index >= 15 is 0 Å². The molecule has 0 saturated heterocycles. The highest BCUT2D eigenvalue weighted by atomic mass is 35.5. The monoisotopic (exact) mass is 331 g/mol. The number of nitrogens with two attached hydrogens (primary N) is 1. The second-order valence-electron chi connectivity index (χ2n) is 6.86. The van der Waals surface area contributed by atoms with Crippen molar-refractivity contribution in [2.24, 2.45) is 5.73 Å². The number of amides is 1. The molecule has 3 N–H and O–H groups in total. The normalized spacial score (nSPS) is 14.3. The molecule has 3 nitrogen and oxygen atoms in total. The molecule has 1 unspecified atom stereocenters. The van der Waals surface area contributed by atoms with Gasteiger partial charge in [-0.2, -0.15) is 0 Å². The molecule has 23 heavy (non-hydrogen) atoms. The second kappa shape index (κ2) is 6.34. The molecule has 0 bridgehead atoms. The third-order valence-electron chi connectivity index (χ3n) is 4.01. The lowest BCUT2D eigenvalue weighted by Gasteiger charge is -2.26. The van der Waals surface area contributed by atoms with Gasteiger partial charge in [-0.3, -0.25) is 4.79 Å². The average molecular weight is 332 g/mol. The molecule has 0 saturated carbocycles. The van der Waals surface area contributed by atoms with E-state index in [0.717, 1.165) is 5.56 Å². The lowest BCUT2D eigenvalue weighted by Crippen LogP contribution is -2.43. The molecule has 0 fully saturated rings. The molecule has 0 aliphatic carbocycles. The lowest BCUT2D eigenvalue weighted by molar-refractivity contribution is -0.137. The van der Waals surface area contributed by atoms with Crippen LogP contribution in [0.1, 0.15) is 37.5 Å². The van der Waals surface area contributed by atoms with E-state index in [9.17, 15) is 9.90 Å². The Labute approximate surface area is 142 Å². The van der Waals surface area contributed by atoms with E-state index in [1.807, 2.05) is 24.3 Å². The number of hydrogen-bond donors (Lipinski definition) is 2. The highest BCUT2D eigenvalue weighted by Gasteiger charge is 2.36. The predicted molar refractivity (Wildman–Crippen MR) is 93.4 cm³/mol. The molecule has 0 aliphatic heterocycles. The third kappa shape index (κ3) is 3.92. The molecule has 0 aromatic heterocycles. The molecule has 1 atom stereocenters. The van der Waals surface area contributed by atoms with E-state index in [1.54, 1.807) is 24.3 Å². The summed E-state index contributed by atoms with van der Waals surface area (Å²) in [5.74, 6) is -0.778. The molecular formula is C19H22ClNO2. The summed E-state index contributed by atoms with van der Waals surface area (Å²) >= 11 is 5.86. The highest BCUT2D eigenvalue weighted by Crippen LogP contribution is 2.28. The van der Waals surface area contributed by atoms with E-state index in [1.165, 1.54) is 5.56 Å². The number of carbonyl (C=O) groups excluding carboxylic acids is 1. The summed E-state index contributed by atoms with van der Waals surface area (Å²) in [6.07, 6.45) is 0.119. The number of halogens is 1. The molecule has 4 heteroatoms. The van der Waals surface area contributed by atoms with Gasteiger partial charge in [0.25, 0.3) is 5.91 Å². The first kappa shape index (κ1) is 17.5. The maximum Gasteiger partial charge on any atom is 0.254 e. The van der Waals surface area contributed by atoms with Crippen molar-refractivity contribution in [1.82, 2.24) is 0 Å². The lowest BCUT2D eigenvalue weighted by atomic mass is 9.83. The van der Waals surface area contributed by atoms with Crippen LogP contribution in [0.2, 0.25) is 5.02 Å². The van der Waals surface area contributed by atoms with Gasteiger partial charge in [-0.15, -0.1) is 0 Å². The number of aliphatic hydroxyl groups is 1. The molecule has 0 aliphatic rings. The summed E-state index contributed by atoms with van der Waals surface area (Å²) in [7, 11) is 0. The Morgan fingerprint density at radius 1 is 1.00 bits per heavy atom. The van der Waals surface area contributed by atoms with Crippen LogP contribution in [-0.2, 0) is 22.2 Å². The van der Waals surface area contributed by atoms with Crippen LogP contribution in [0.3, 0.4) is 0 Å². The van der Waals surface area contributed by atoms with Crippen molar-refractivity contribution >= 4 is 17.5 Å². The first-order valence-corrected chi connectivity index (χ1v) is 7.88. The van der Waals surface area contributed by atoms with E-state index < -0.39 is 11.5 Å². The summed E-state index contributed by atoms with van der Waals surface area (Å²) in [6, 6.07) is 14.4. The van der Waals surface area contributed by atoms with Gasteiger partial charge in [0.2, 0.25) is 0 Å². The van der Waals surface area contributed by atoms with Crippen LogP contribution in [-0.4, -0.2) is 11.0 Å². The molecular weight excluding hydrogens is 310 g/mol. The number of benzene rings is 2. The minimum atomic E-state index is -1.76. The Hall–Kier alpha value is -1.84. The van der Waals surface area contributed by atoms with Crippen molar-refractivity contribution in [3.05, 3.63) is 70.2 Å². The zero-order chi connectivity index (χ0) is 17.3. The Kier molecular flexibility index (Phi) is 4.83. The number of primary amides is 1. The number of carbonyl (C=O) groups is 1. The van der Waals surface area contributed by atoms with Crippen molar-refractivity contribution in [1.29, 1.82) is 0 Å². The molecule has 2 aromatic rings. The molecule has 0 spiro atoms. The Morgan fingerprint density at radius 3 is 1.91 bits per heavy atom. The predicted octanol–water partition coefficient (Wildman–Crippen LogP) is 3.55. The molecule has 122 valence electrons. The van der Waals surface area contributed by atoms with Crippen LogP contribution in [0.5, 0.6) is 0 Å². The third-order valence-corrected chi connectivity index (χ3v) is 4.26. The van der Waals surface area contributed by atoms with Gasteiger partial charge in [0.15, 0.2) is 5.60 Å². The van der Waals surface area contributed by atoms with Crippen LogP contribution in [0.15, 0.2) is 48.5 Å². The van der Waals surface area contributed by atoms with Crippen LogP contribution in [0.25, 0.3) is 0 Å². The quantitative estimate of drug-likeness (QED) is 0.899. The van der Waals surface area contributed by atoms with Crippen molar-refractivity contribution in [3.63, 3.8) is 0 Å². The summed E-state index contributed by atoms with van der Waals surface area (Å²) in [5.41, 5.74) is 6.23. The zero-order valence-electron chi connectivity index (χ0n) is 13.6. The molecule has 0 radical (unpaired) electrons. The summed E-state index contributed by atoms with van der Waals surface area (Å²) < 4.78 is 0. The fourth-order valence-electron chi connectivity index (χ4n) is 2.48. The fraction of sp³-hybridized carbons (Fsp3) is 0.316. The molecule has 2 rings (SSSR count). The molecule has 1 amide bonds. The van der Waals surface area contributed by atoms with Gasteiger partial charge in [-0.05, 0) is 34.2 Å². The minimum Gasteiger partial charge on any atom is -0.375 e. The standard InChI is InChI=1S/C19H22ClNO2/c1-18(2,3)14-6-4-13(5-7-14)12-19(23,17(21)22)15-8-10-16(20)11-9-15/h4-11,23H,12H2,1-3H3,(H2,21,22). The maximum absolute atomic E-state index is 11.9. The summed E-state index contributed by atoms with van der Waals surface area (Å²) in [6.45, 7) is 6.40. The van der Waals surface area contributed by atoms with Crippen LogP contribution in [0.4, 0.5) is 0 Å². The topological polar surface area (TPSA) is 63.3 Å². The second-order valence-corrected chi connectivity index (χ2v) is 7.29. The fourth-order valence-corrected chi connectivity index (χ4v) is 2.60. The van der Waals surface area contributed by atoms with Gasteiger partial charge < -0.3 is 10.8 Å². The molecule has 0 heterocycles. The average Bonchev–Trinajstić information content (AvgIpc) is 2.47. The van der Waals surface area contributed by atoms with Crippen molar-refractivity contribution in [3.8, 4) is 0 Å². The van der Waals surface area contributed by atoms with Gasteiger partial charge in [-0.25, -0.2) is 0 Å².